The lowest BCUT2D eigenvalue weighted by molar-refractivity contribution is -0.134. The van der Waals surface area contributed by atoms with Crippen molar-refractivity contribution < 1.29 is 14.3 Å². The Morgan fingerprint density at radius 1 is 1.07 bits per heavy atom. The fraction of sp³-hybridized carbons (Fsp3) is 0.350. The van der Waals surface area contributed by atoms with Crippen LogP contribution in [0.1, 0.15) is 10.4 Å². The van der Waals surface area contributed by atoms with Gasteiger partial charge in [0.2, 0.25) is 0 Å². The number of amides is 1. The van der Waals surface area contributed by atoms with Crippen molar-refractivity contribution in [3.8, 4) is 0 Å². The summed E-state index contributed by atoms with van der Waals surface area (Å²) in [6.07, 6.45) is 1.76. The summed E-state index contributed by atoms with van der Waals surface area (Å²) in [6.45, 7) is 2.35. The number of rotatable bonds is 5. The maximum absolute atomic E-state index is 12.4. The van der Waals surface area contributed by atoms with Gasteiger partial charge in [0.25, 0.3) is 5.91 Å². The molecular weight excluding hydrogens is 344 g/mol. The maximum atomic E-state index is 12.4. The van der Waals surface area contributed by atoms with Crippen molar-refractivity contribution in [1.29, 1.82) is 0 Å². The number of aromatic nitrogens is 1. The lowest BCUT2D eigenvalue weighted by atomic mass is 10.2. The molecule has 0 atom stereocenters. The van der Waals surface area contributed by atoms with E-state index in [1.807, 2.05) is 43.3 Å². The van der Waals surface area contributed by atoms with Gasteiger partial charge in [0.15, 0.2) is 6.61 Å². The zero-order chi connectivity index (χ0) is 19.2. The van der Waals surface area contributed by atoms with Crippen molar-refractivity contribution in [3.05, 3.63) is 54.2 Å². The number of hydrogen-bond donors (Lipinski definition) is 0. The summed E-state index contributed by atoms with van der Waals surface area (Å²) in [5.74, 6) is 0.253. The van der Waals surface area contributed by atoms with E-state index in [2.05, 4.69) is 9.88 Å². The minimum atomic E-state index is -0.487. The van der Waals surface area contributed by atoms with E-state index in [4.69, 9.17) is 4.74 Å². The average Bonchev–Trinajstić information content (AvgIpc) is 2.72. The van der Waals surface area contributed by atoms with Gasteiger partial charge in [-0.05, 0) is 30.3 Å². The average molecular weight is 368 g/mol. The highest BCUT2D eigenvalue weighted by atomic mass is 16.5. The molecule has 2 aromatic rings. The number of piperazine rings is 1. The Hall–Kier alpha value is -3.09. The van der Waals surface area contributed by atoms with Crippen molar-refractivity contribution in [2.24, 2.45) is 0 Å². The lowest BCUT2D eigenvalue weighted by Gasteiger charge is -2.35. The van der Waals surface area contributed by atoms with Gasteiger partial charge < -0.3 is 19.4 Å². The SMILES string of the molecule is CN(C)c1cccc(C(=O)OCC(=O)N2CCN(c3ccccn3)CC2)c1. The first-order valence-electron chi connectivity index (χ1n) is 8.93. The smallest absolute Gasteiger partial charge is 0.338 e. The van der Waals surface area contributed by atoms with Crippen LogP contribution in [0.25, 0.3) is 0 Å². The highest BCUT2D eigenvalue weighted by Gasteiger charge is 2.22. The fourth-order valence-electron chi connectivity index (χ4n) is 2.94. The molecule has 0 radical (unpaired) electrons. The summed E-state index contributed by atoms with van der Waals surface area (Å²) >= 11 is 0. The maximum Gasteiger partial charge on any atom is 0.338 e. The number of esters is 1. The van der Waals surface area contributed by atoms with Crippen LogP contribution in [0, 0.1) is 0 Å². The molecule has 1 amide bonds. The number of carbonyl (C=O) groups is 2. The second-order valence-electron chi connectivity index (χ2n) is 6.58. The van der Waals surface area contributed by atoms with Gasteiger partial charge in [0.05, 0.1) is 5.56 Å². The molecule has 1 aliphatic rings. The number of benzene rings is 1. The third-order valence-electron chi connectivity index (χ3n) is 4.53. The Morgan fingerprint density at radius 3 is 2.52 bits per heavy atom. The van der Waals surface area contributed by atoms with Gasteiger partial charge in [-0.15, -0.1) is 0 Å². The molecule has 7 heteroatoms. The highest BCUT2D eigenvalue weighted by Crippen LogP contribution is 2.15. The summed E-state index contributed by atoms with van der Waals surface area (Å²) in [4.78, 5) is 34.7. The van der Waals surface area contributed by atoms with Gasteiger partial charge in [0.1, 0.15) is 5.82 Å². The predicted molar refractivity (Wildman–Crippen MR) is 104 cm³/mol. The molecule has 0 unspecified atom stereocenters. The molecule has 1 aliphatic heterocycles. The standard InChI is InChI=1S/C20H24N4O3/c1-22(2)17-7-5-6-16(14-17)20(26)27-15-19(25)24-12-10-23(11-13-24)18-8-3-4-9-21-18/h3-9,14H,10-13,15H2,1-2H3. The Balaban J connectivity index is 1.48. The Morgan fingerprint density at radius 2 is 1.85 bits per heavy atom. The highest BCUT2D eigenvalue weighted by molar-refractivity contribution is 5.92. The largest absolute Gasteiger partial charge is 0.452 e. The van der Waals surface area contributed by atoms with Crippen molar-refractivity contribution >= 4 is 23.4 Å². The molecule has 1 fully saturated rings. The lowest BCUT2D eigenvalue weighted by Crippen LogP contribution is -2.50. The first-order valence-corrected chi connectivity index (χ1v) is 8.93. The number of nitrogens with zero attached hydrogens (tertiary/aromatic N) is 4. The van der Waals surface area contributed by atoms with Crippen molar-refractivity contribution in [3.63, 3.8) is 0 Å². The van der Waals surface area contributed by atoms with E-state index in [0.29, 0.717) is 31.7 Å². The molecule has 1 aromatic heterocycles. The summed E-state index contributed by atoms with van der Waals surface area (Å²) in [5.41, 5.74) is 1.34. The monoisotopic (exact) mass is 368 g/mol. The molecule has 0 spiro atoms. The van der Waals surface area contributed by atoms with E-state index in [9.17, 15) is 9.59 Å². The van der Waals surface area contributed by atoms with Gasteiger partial charge in [-0.2, -0.15) is 0 Å². The molecule has 142 valence electrons. The van der Waals surface area contributed by atoms with Crippen molar-refractivity contribution in [2.45, 2.75) is 0 Å². The molecule has 0 bridgehead atoms. The first-order chi connectivity index (χ1) is 13.0. The Bertz CT molecular complexity index is 787. The fourth-order valence-corrected chi connectivity index (χ4v) is 2.94. The number of carbonyl (C=O) groups excluding carboxylic acids is 2. The molecule has 3 rings (SSSR count). The van der Waals surface area contributed by atoms with Crippen molar-refractivity contribution in [2.75, 3.05) is 56.7 Å². The third-order valence-corrected chi connectivity index (χ3v) is 4.53. The predicted octanol–water partition coefficient (Wildman–Crippen LogP) is 1.65. The van der Waals surface area contributed by atoms with Crippen LogP contribution in [0.2, 0.25) is 0 Å². The minimum absolute atomic E-state index is 0.173. The van der Waals surface area contributed by atoms with Gasteiger partial charge in [-0.25, -0.2) is 9.78 Å². The van der Waals surface area contributed by atoms with Crippen LogP contribution in [0.3, 0.4) is 0 Å². The summed E-state index contributed by atoms with van der Waals surface area (Å²) in [7, 11) is 3.80. The topological polar surface area (TPSA) is 66.0 Å². The zero-order valence-electron chi connectivity index (χ0n) is 15.7. The molecule has 0 saturated carbocycles. The number of anilines is 2. The van der Waals surface area contributed by atoms with Gasteiger partial charge in [0, 0.05) is 52.2 Å². The second kappa shape index (κ2) is 8.53. The van der Waals surface area contributed by atoms with Gasteiger partial charge in [-0.1, -0.05) is 12.1 Å². The minimum Gasteiger partial charge on any atom is -0.452 e. The second-order valence-corrected chi connectivity index (χ2v) is 6.58. The summed E-state index contributed by atoms with van der Waals surface area (Å²) in [5, 5.41) is 0. The van der Waals surface area contributed by atoms with E-state index < -0.39 is 5.97 Å². The molecule has 27 heavy (non-hydrogen) atoms. The van der Waals surface area contributed by atoms with Crippen LogP contribution < -0.4 is 9.80 Å². The number of hydrogen-bond acceptors (Lipinski definition) is 6. The van der Waals surface area contributed by atoms with Crippen molar-refractivity contribution in [1.82, 2.24) is 9.88 Å². The normalized spacial score (nSPS) is 14.0. The molecule has 1 aromatic carbocycles. The Labute approximate surface area is 159 Å². The molecule has 1 saturated heterocycles. The summed E-state index contributed by atoms with van der Waals surface area (Å²) < 4.78 is 5.21. The van der Waals surface area contributed by atoms with E-state index >= 15 is 0 Å². The quantitative estimate of drug-likeness (QED) is 0.748. The van der Waals surface area contributed by atoms with Crippen LogP contribution in [0.15, 0.2) is 48.7 Å². The third kappa shape index (κ3) is 4.75. The van der Waals surface area contributed by atoms with Crippen LogP contribution in [0.4, 0.5) is 11.5 Å². The number of ether oxygens (including phenoxy) is 1. The molecule has 2 heterocycles. The van der Waals surface area contributed by atoms with E-state index in [1.165, 1.54) is 0 Å². The van der Waals surface area contributed by atoms with E-state index in [-0.39, 0.29) is 12.5 Å². The van der Waals surface area contributed by atoms with Crippen LogP contribution in [-0.2, 0) is 9.53 Å². The van der Waals surface area contributed by atoms with Gasteiger partial charge >= 0.3 is 5.97 Å². The molecule has 0 N–H and O–H groups in total. The molecule has 0 aliphatic carbocycles. The number of pyridine rings is 1. The van der Waals surface area contributed by atoms with Crippen LogP contribution in [0.5, 0.6) is 0 Å². The molecular formula is C20H24N4O3. The van der Waals surface area contributed by atoms with E-state index in [1.54, 1.807) is 29.3 Å². The van der Waals surface area contributed by atoms with Crippen LogP contribution >= 0.6 is 0 Å². The Kier molecular flexibility index (Phi) is 5.90. The zero-order valence-corrected chi connectivity index (χ0v) is 15.7. The van der Waals surface area contributed by atoms with Crippen LogP contribution in [-0.4, -0.2) is 68.6 Å². The van der Waals surface area contributed by atoms with E-state index in [0.717, 1.165) is 11.5 Å². The first kappa shape index (κ1) is 18.7. The van der Waals surface area contributed by atoms with Gasteiger partial charge in [-0.3, -0.25) is 4.79 Å². The summed E-state index contributed by atoms with van der Waals surface area (Å²) in [6, 6.07) is 12.9. The molecule has 7 nitrogen and oxygen atoms in total.